The van der Waals surface area contributed by atoms with E-state index in [9.17, 15) is 8.78 Å². The number of hydrogen-bond donors (Lipinski definition) is 1. The second-order valence-electron chi connectivity index (χ2n) is 4.44. The third-order valence-electron chi connectivity index (χ3n) is 3.28. The van der Waals surface area contributed by atoms with Gasteiger partial charge in [0.05, 0.1) is 16.1 Å². The van der Waals surface area contributed by atoms with Gasteiger partial charge >= 0.3 is 0 Å². The average Bonchev–Trinajstić information content (AvgIpc) is 2.44. The summed E-state index contributed by atoms with van der Waals surface area (Å²) in [5.74, 6) is -1.04. The highest BCUT2D eigenvalue weighted by molar-refractivity contribution is 6.34. The molecule has 2 heterocycles. The lowest BCUT2D eigenvalue weighted by Crippen LogP contribution is -2.43. The standard InChI is InChI=1S/C13H12ClF2N3/c14-8-7-18-12-10(16)2-1-9(15)11(12)13(8)19-5-3-17-4-6-19/h1-2,7,17H,3-6H2. The number of aromatic nitrogens is 1. The van der Waals surface area contributed by atoms with Gasteiger partial charge in [-0.2, -0.15) is 0 Å². The molecule has 0 spiro atoms. The fraction of sp³-hybridized carbons (Fsp3) is 0.308. The first-order valence-corrected chi connectivity index (χ1v) is 6.44. The molecule has 0 unspecified atom stereocenters. The van der Waals surface area contributed by atoms with Gasteiger partial charge in [0.2, 0.25) is 0 Å². The minimum atomic E-state index is -0.538. The van der Waals surface area contributed by atoms with E-state index in [1.807, 2.05) is 4.90 Å². The molecule has 1 aliphatic rings. The zero-order valence-electron chi connectivity index (χ0n) is 10.1. The van der Waals surface area contributed by atoms with Gasteiger partial charge in [0, 0.05) is 32.4 Å². The molecule has 1 aromatic heterocycles. The van der Waals surface area contributed by atoms with Crippen LogP contribution in [0, 0.1) is 11.6 Å². The fourth-order valence-corrected chi connectivity index (χ4v) is 2.65. The zero-order chi connectivity index (χ0) is 13.4. The summed E-state index contributed by atoms with van der Waals surface area (Å²) in [5, 5.41) is 3.72. The SMILES string of the molecule is Fc1ccc(F)c2c(N3CCNCC3)c(Cl)cnc12. The Morgan fingerprint density at radius 2 is 1.84 bits per heavy atom. The van der Waals surface area contributed by atoms with Crippen molar-refractivity contribution in [3.05, 3.63) is 35.0 Å². The van der Waals surface area contributed by atoms with Crippen LogP contribution in [0.25, 0.3) is 10.9 Å². The third-order valence-corrected chi connectivity index (χ3v) is 3.56. The van der Waals surface area contributed by atoms with Crippen molar-refractivity contribution in [3.63, 3.8) is 0 Å². The highest BCUT2D eigenvalue weighted by Gasteiger charge is 2.21. The molecule has 0 radical (unpaired) electrons. The molecule has 100 valence electrons. The van der Waals surface area contributed by atoms with Gasteiger partial charge in [0.25, 0.3) is 0 Å². The first-order valence-electron chi connectivity index (χ1n) is 6.06. The first kappa shape index (κ1) is 12.6. The van der Waals surface area contributed by atoms with Crippen molar-refractivity contribution < 1.29 is 8.78 Å². The Balaban J connectivity index is 2.26. The van der Waals surface area contributed by atoms with Gasteiger partial charge < -0.3 is 10.2 Å². The fourth-order valence-electron chi connectivity index (χ4n) is 2.39. The van der Waals surface area contributed by atoms with Gasteiger partial charge in [-0.3, -0.25) is 4.98 Å². The van der Waals surface area contributed by atoms with Crippen LogP contribution in [0.4, 0.5) is 14.5 Å². The molecule has 1 saturated heterocycles. The van der Waals surface area contributed by atoms with Crippen molar-refractivity contribution in [3.8, 4) is 0 Å². The molecule has 1 aromatic carbocycles. The molecule has 1 fully saturated rings. The van der Waals surface area contributed by atoms with Crippen LogP contribution < -0.4 is 10.2 Å². The first-order chi connectivity index (χ1) is 9.18. The number of nitrogens with zero attached hydrogens (tertiary/aromatic N) is 2. The van der Waals surface area contributed by atoms with Gasteiger partial charge in [-0.25, -0.2) is 8.78 Å². The summed E-state index contributed by atoms with van der Waals surface area (Å²) in [6.45, 7) is 2.98. The Labute approximate surface area is 114 Å². The molecule has 3 nitrogen and oxygen atoms in total. The van der Waals surface area contributed by atoms with Crippen LogP contribution in [0.1, 0.15) is 0 Å². The second-order valence-corrected chi connectivity index (χ2v) is 4.85. The number of benzene rings is 1. The molecule has 19 heavy (non-hydrogen) atoms. The van der Waals surface area contributed by atoms with Gasteiger partial charge in [-0.15, -0.1) is 0 Å². The van der Waals surface area contributed by atoms with E-state index in [1.54, 1.807) is 0 Å². The molecule has 6 heteroatoms. The molecule has 0 aliphatic carbocycles. The minimum Gasteiger partial charge on any atom is -0.367 e. The normalized spacial score (nSPS) is 16.1. The van der Waals surface area contributed by atoms with E-state index in [0.29, 0.717) is 23.8 Å². The van der Waals surface area contributed by atoms with Crippen LogP contribution in [-0.2, 0) is 0 Å². The van der Waals surface area contributed by atoms with Gasteiger partial charge in [0.15, 0.2) is 0 Å². The summed E-state index contributed by atoms with van der Waals surface area (Å²) in [7, 11) is 0. The zero-order valence-corrected chi connectivity index (χ0v) is 10.8. The number of pyridine rings is 1. The average molecular weight is 284 g/mol. The molecule has 0 bridgehead atoms. The predicted molar refractivity (Wildman–Crippen MR) is 71.8 cm³/mol. The Bertz CT molecular complexity index is 627. The molecular formula is C13H12ClF2N3. The molecule has 1 aliphatic heterocycles. The van der Waals surface area contributed by atoms with Gasteiger partial charge in [0.1, 0.15) is 17.2 Å². The van der Waals surface area contributed by atoms with Crippen molar-refractivity contribution in [2.24, 2.45) is 0 Å². The highest BCUT2D eigenvalue weighted by atomic mass is 35.5. The molecule has 3 rings (SSSR count). The van der Waals surface area contributed by atoms with E-state index in [0.717, 1.165) is 25.2 Å². The Hall–Kier alpha value is -1.46. The molecular weight excluding hydrogens is 272 g/mol. The van der Waals surface area contributed by atoms with Crippen LogP contribution >= 0.6 is 11.6 Å². The number of hydrogen-bond acceptors (Lipinski definition) is 3. The van der Waals surface area contributed by atoms with E-state index < -0.39 is 11.6 Å². The van der Waals surface area contributed by atoms with Crippen molar-refractivity contribution in [1.82, 2.24) is 10.3 Å². The number of piperazine rings is 1. The maximum absolute atomic E-state index is 14.1. The summed E-state index contributed by atoms with van der Waals surface area (Å²) in [5.41, 5.74) is 0.558. The van der Waals surface area contributed by atoms with Crippen LogP contribution in [0.2, 0.25) is 5.02 Å². The number of rotatable bonds is 1. The topological polar surface area (TPSA) is 28.2 Å². The molecule has 0 amide bonds. The lowest BCUT2D eigenvalue weighted by atomic mass is 10.1. The highest BCUT2D eigenvalue weighted by Crippen LogP contribution is 2.35. The van der Waals surface area contributed by atoms with E-state index in [2.05, 4.69) is 10.3 Å². The minimum absolute atomic E-state index is 0.0259. The van der Waals surface area contributed by atoms with Crippen molar-refractivity contribution in [2.45, 2.75) is 0 Å². The quantitative estimate of drug-likeness (QED) is 0.872. The summed E-state index contributed by atoms with van der Waals surface area (Å²) in [6, 6.07) is 2.20. The number of anilines is 1. The predicted octanol–water partition coefficient (Wildman–Crippen LogP) is 2.58. The molecule has 1 N–H and O–H groups in total. The number of nitrogens with one attached hydrogen (secondary N) is 1. The van der Waals surface area contributed by atoms with Crippen LogP contribution in [0.5, 0.6) is 0 Å². The number of fused-ring (bicyclic) bond motifs is 1. The lowest BCUT2D eigenvalue weighted by Gasteiger charge is -2.31. The Morgan fingerprint density at radius 3 is 2.58 bits per heavy atom. The van der Waals surface area contributed by atoms with E-state index in [1.165, 1.54) is 6.20 Å². The van der Waals surface area contributed by atoms with Crippen LogP contribution in [-0.4, -0.2) is 31.2 Å². The largest absolute Gasteiger partial charge is 0.367 e. The summed E-state index contributed by atoms with van der Waals surface area (Å²) in [4.78, 5) is 5.87. The molecule has 0 saturated carbocycles. The number of halogens is 3. The van der Waals surface area contributed by atoms with Crippen LogP contribution in [0.3, 0.4) is 0 Å². The lowest BCUT2D eigenvalue weighted by molar-refractivity contribution is 0.587. The molecule has 2 aromatic rings. The van der Waals surface area contributed by atoms with Crippen molar-refractivity contribution >= 4 is 28.2 Å². The summed E-state index contributed by atoms with van der Waals surface area (Å²) >= 11 is 6.15. The van der Waals surface area contributed by atoms with Crippen LogP contribution in [0.15, 0.2) is 18.3 Å². The Morgan fingerprint density at radius 1 is 1.16 bits per heavy atom. The second kappa shape index (κ2) is 4.90. The van der Waals surface area contributed by atoms with E-state index in [4.69, 9.17) is 11.6 Å². The summed E-state index contributed by atoms with van der Waals surface area (Å²) in [6.07, 6.45) is 1.38. The maximum atomic E-state index is 14.1. The van der Waals surface area contributed by atoms with Crippen molar-refractivity contribution in [1.29, 1.82) is 0 Å². The van der Waals surface area contributed by atoms with E-state index in [-0.39, 0.29) is 10.9 Å². The van der Waals surface area contributed by atoms with Gasteiger partial charge in [-0.1, -0.05) is 11.6 Å². The monoisotopic (exact) mass is 283 g/mol. The maximum Gasteiger partial charge on any atom is 0.149 e. The molecule has 0 atom stereocenters. The third kappa shape index (κ3) is 2.13. The van der Waals surface area contributed by atoms with Crippen molar-refractivity contribution in [2.75, 3.05) is 31.1 Å². The van der Waals surface area contributed by atoms with E-state index >= 15 is 0 Å². The smallest absolute Gasteiger partial charge is 0.149 e. The van der Waals surface area contributed by atoms with Gasteiger partial charge in [-0.05, 0) is 12.1 Å². The summed E-state index contributed by atoms with van der Waals surface area (Å²) < 4.78 is 27.8. The Kier molecular flexibility index (Phi) is 3.24.